The monoisotopic (exact) mass is 209 g/mol. The quantitative estimate of drug-likeness (QED) is 0.800. The molecule has 0 fully saturated rings. The van der Waals surface area contributed by atoms with Crippen LogP contribution in [0.3, 0.4) is 0 Å². The van der Waals surface area contributed by atoms with E-state index in [-0.39, 0.29) is 0 Å². The topological polar surface area (TPSA) is 69.6 Å². The molecule has 0 unspecified atom stereocenters. The van der Waals surface area contributed by atoms with Gasteiger partial charge in [-0.15, -0.1) is 21.5 Å². The molecule has 0 aromatic carbocycles. The van der Waals surface area contributed by atoms with Crippen molar-refractivity contribution in [1.29, 1.82) is 0 Å². The van der Waals surface area contributed by atoms with Crippen molar-refractivity contribution in [3.05, 3.63) is 23.2 Å². The molecule has 5 nitrogen and oxygen atoms in total. The van der Waals surface area contributed by atoms with Crippen molar-refractivity contribution >= 4 is 11.3 Å². The van der Waals surface area contributed by atoms with Crippen LogP contribution in [0.5, 0.6) is 0 Å². The Morgan fingerprint density at radius 3 is 3.07 bits per heavy atom. The van der Waals surface area contributed by atoms with Gasteiger partial charge in [0.05, 0.1) is 5.69 Å². The lowest BCUT2D eigenvalue weighted by atomic mass is 10.4. The first kappa shape index (κ1) is 9.29. The van der Waals surface area contributed by atoms with Gasteiger partial charge < -0.3 is 5.73 Å². The molecule has 0 saturated heterocycles. The van der Waals surface area contributed by atoms with E-state index < -0.39 is 0 Å². The highest BCUT2D eigenvalue weighted by atomic mass is 32.1. The highest BCUT2D eigenvalue weighted by molar-refractivity contribution is 7.12. The molecule has 0 aliphatic carbocycles. The second-order valence-corrected chi connectivity index (χ2v) is 3.76. The number of thiazole rings is 1. The van der Waals surface area contributed by atoms with Gasteiger partial charge in [-0.25, -0.2) is 4.98 Å². The summed E-state index contributed by atoms with van der Waals surface area (Å²) in [4.78, 5) is 4.36. The van der Waals surface area contributed by atoms with Crippen LogP contribution in [0, 0.1) is 6.92 Å². The number of nitrogens with two attached hydrogens (primary N) is 1. The van der Waals surface area contributed by atoms with Gasteiger partial charge in [0.1, 0.15) is 12.2 Å². The first-order valence-corrected chi connectivity index (χ1v) is 5.20. The lowest BCUT2D eigenvalue weighted by Gasteiger charge is -1.99. The van der Waals surface area contributed by atoms with Crippen LogP contribution in [0.15, 0.2) is 11.7 Å². The summed E-state index contributed by atoms with van der Waals surface area (Å²) in [6.07, 6.45) is 2.39. The minimum absolute atomic E-state index is 0.572. The highest BCUT2D eigenvalue weighted by Crippen LogP contribution is 2.15. The Balaban J connectivity index is 2.36. The molecule has 0 atom stereocenters. The number of aryl methyl sites for hydroxylation is 1. The fraction of sp³-hybridized carbons (Fsp3) is 0.375. The second-order valence-electron chi connectivity index (χ2n) is 2.93. The van der Waals surface area contributed by atoms with Crippen LogP contribution in [0.2, 0.25) is 0 Å². The SMILES string of the molecule is Cc1csc(-n2cnnc2CCN)n1. The van der Waals surface area contributed by atoms with E-state index in [2.05, 4.69) is 15.2 Å². The Morgan fingerprint density at radius 1 is 1.57 bits per heavy atom. The van der Waals surface area contributed by atoms with Crippen molar-refractivity contribution in [2.75, 3.05) is 6.54 Å². The zero-order valence-corrected chi connectivity index (χ0v) is 8.66. The summed E-state index contributed by atoms with van der Waals surface area (Å²) in [6.45, 7) is 2.54. The molecule has 2 heterocycles. The van der Waals surface area contributed by atoms with Gasteiger partial charge >= 0.3 is 0 Å². The molecule has 0 aliphatic heterocycles. The number of hydrogen-bond acceptors (Lipinski definition) is 5. The zero-order chi connectivity index (χ0) is 9.97. The fourth-order valence-electron chi connectivity index (χ4n) is 1.17. The van der Waals surface area contributed by atoms with Crippen molar-refractivity contribution in [2.45, 2.75) is 13.3 Å². The van der Waals surface area contributed by atoms with Crippen LogP contribution >= 0.6 is 11.3 Å². The molecule has 0 bridgehead atoms. The summed E-state index contributed by atoms with van der Waals surface area (Å²) >= 11 is 1.58. The predicted octanol–water partition coefficient (Wildman–Crippen LogP) is 0.533. The summed E-state index contributed by atoms with van der Waals surface area (Å²) in [6, 6.07) is 0. The summed E-state index contributed by atoms with van der Waals surface area (Å²) < 4.78 is 1.88. The van der Waals surface area contributed by atoms with E-state index in [1.807, 2.05) is 16.9 Å². The molecule has 2 N–H and O–H groups in total. The van der Waals surface area contributed by atoms with Crippen molar-refractivity contribution < 1.29 is 0 Å². The average molecular weight is 209 g/mol. The molecule has 74 valence electrons. The predicted molar refractivity (Wildman–Crippen MR) is 54.5 cm³/mol. The molecule has 0 radical (unpaired) electrons. The molecule has 14 heavy (non-hydrogen) atoms. The molecule has 2 rings (SSSR count). The summed E-state index contributed by atoms with van der Waals surface area (Å²) in [5.74, 6) is 0.863. The van der Waals surface area contributed by atoms with E-state index in [0.717, 1.165) is 23.1 Å². The van der Waals surface area contributed by atoms with E-state index in [1.165, 1.54) is 0 Å². The lowest BCUT2D eigenvalue weighted by Crippen LogP contribution is -2.08. The van der Waals surface area contributed by atoms with Crippen LogP contribution in [0.4, 0.5) is 0 Å². The fourth-order valence-corrected chi connectivity index (χ4v) is 1.96. The van der Waals surface area contributed by atoms with Crippen LogP contribution < -0.4 is 5.73 Å². The van der Waals surface area contributed by atoms with Gasteiger partial charge in [0, 0.05) is 11.8 Å². The second kappa shape index (κ2) is 3.85. The molecule has 0 aliphatic rings. The number of hydrogen-bond donors (Lipinski definition) is 1. The number of rotatable bonds is 3. The molecular formula is C8H11N5S. The molecule has 0 saturated carbocycles. The molecule has 2 aromatic heterocycles. The third kappa shape index (κ3) is 1.66. The van der Waals surface area contributed by atoms with Gasteiger partial charge in [-0.3, -0.25) is 4.57 Å². The van der Waals surface area contributed by atoms with E-state index in [0.29, 0.717) is 6.54 Å². The van der Waals surface area contributed by atoms with Crippen molar-refractivity contribution in [1.82, 2.24) is 19.7 Å². The van der Waals surface area contributed by atoms with Crippen LogP contribution in [0.25, 0.3) is 5.13 Å². The summed E-state index contributed by atoms with van der Waals surface area (Å²) in [5, 5.41) is 10.7. The van der Waals surface area contributed by atoms with Gasteiger partial charge in [0.15, 0.2) is 5.13 Å². The molecule has 0 amide bonds. The van der Waals surface area contributed by atoms with Crippen LogP contribution in [-0.4, -0.2) is 26.3 Å². The Labute approximate surface area is 85.6 Å². The molecular weight excluding hydrogens is 198 g/mol. The molecule has 6 heteroatoms. The van der Waals surface area contributed by atoms with Crippen molar-refractivity contribution in [3.8, 4) is 5.13 Å². The van der Waals surface area contributed by atoms with E-state index in [1.54, 1.807) is 17.7 Å². The van der Waals surface area contributed by atoms with Gasteiger partial charge in [-0.2, -0.15) is 0 Å². The first-order chi connectivity index (χ1) is 6.81. The maximum atomic E-state index is 5.47. The molecule has 0 spiro atoms. The van der Waals surface area contributed by atoms with Crippen molar-refractivity contribution in [2.24, 2.45) is 5.73 Å². The van der Waals surface area contributed by atoms with E-state index >= 15 is 0 Å². The maximum absolute atomic E-state index is 5.47. The minimum atomic E-state index is 0.572. The molecule has 2 aromatic rings. The van der Waals surface area contributed by atoms with Crippen LogP contribution in [0.1, 0.15) is 11.5 Å². The van der Waals surface area contributed by atoms with E-state index in [9.17, 15) is 0 Å². The maximum Gasteiger partial charge on any atom is 0.196 e. The summed E-state index contributed by atoms with van der Waals surface area (Å²) in [5.41, 5.74) is 6.49. The Morgan fingerprint density at radius 2 is 2.43 bits per heavy atom. The third-order valence-electron chi connectivity index (χ3n) is 1.80. The lowest BCUT2D eigenvalue weighted by molar-refractivity contribution is 0.825. The normalized spacial score (nSPS) is 10.7. The van der Waals surface area contributed by atoms with Gasteiger partial charge in [-0.05, 0) is 13.5 Å². The first-order valence-electron chi connectivity index (χ1n) is 4.32. The van der Waals surface area contributed by atoms with E-state index in [4.69, 9.17) is 5.73 Å². The zero-order valence-electron chi connectivity index (χ0n) is 7.84. The Kier molecular flexibility index (Phi) is 2.55. The largest absolute Gasteiger partial charge is 0.330 e. The van der Waals surface area contributed by atoms with Gasteiger partial charge in [-0.1, -0.05) is 0 Å². The van der Waals surface area contributed by atoms with Gasteiger partial charge in [0.25, 0.3) is 0 Å². The standard InChI is InChI=1S/C8H11N5S/c1-6-4-14-8(11-6)13-5-10-12-7(13)2-3-9/h4-5H,2-3,9H2,1H3. The van der Waals surface area contributed by atoms with Crippen molar-refractivity contribution in [3.63, 3.8) is 0 Å². The highest BCUT2D eigenvalue weighted by Gasteiger charge is 2.07. The minimum Gasteiger partial charge on any atom is -0.330 e. The van der Waals surface area contributed by atoms with Gasteiger partial charge in [0.2, 0.25) is 0 Å². The summed E-state index contributed by atoms with van der Waals surface area (Å²) in [7, 11) is 0. The van der Waals surface area contributed by atoms with Crippen LogP contribution in [-0.2, 0) is 6.42 Å². The Hall–Kier alpha value is -1.27. The smallest absolute Gasteiger partial charge is 0.196 e. The average Bonchev–Trinajstić information content (AvgIpc) is 2.74. The number of nitrogens with zero attached hydrogens (tertiary/aromatic N) is 4. The Bertz CT molecular complexity index is 419. The third-order valence-corrected chi connectivity index (χ3v) is 2.76. The number of aromatic nitrogens is 4.